The van der Waals surface area contributed by atoms with Gasteiger partial charge in [-0.1, -0.05) is 6.92 Å². The van der Waals surface area contributed by atoms with Gasteiger partial charge in [-0.15, -0.1) is 0 Å². The second-order valence-corrected chi connectivity index (χ2v) is 4.71. The molecule has 0 bridgehead atoms. The molecule has 1 unspecified atom stereocenters. The van der Waals surface area contributed by atoms with Crippen LogP contribution in [-0.2, 0) is 0 Å². The van der Waals surface area contributed by atoms with E-state index in [0.717, 1.165) is 38.7 Å². The van der Waals surface area contributed by atoms with Crippen molar-refractivity contribution in [1.82, 2.24) is 14.9 Å². The molecule has 9 heteroatoms. The van der Waals surface area contributed by atoms with Crippen molar-refractivity contribution in [3.05, 3.63) is 16.3 Å². The number of nitrogen functional groups attached to an aromatic ring is 1. The monoisotopic (exact) mass is 281 g/mol. The van der Waals surface area contributed by atoms with Gasteiger partial charge in [-0.05, 0) is 25.9 Å². The van der Waals surface area contributed by atoms with Gasteiger partial charge < -0.3 is 10.2 Å². The lowest BCUT2D eigenvalue weighted by molar-refractivity contribution is -0.384. The van der Waals surface area contributed by atoms with E-state index in [1.54, 1.807) is 0 Å². The Balaban J connectivity index is 2.16. The Morgan fingerprint density at radius 2 is 2.45 bits per heavy atom. The van der Waals surface area contributed by atoms with Gasteiger partial charge in [-0.3, -0.25) is 15.5 Å². The summed E-state index contributed by atoms with van der Waals surface area (Å²) in [7, 11) is 0. The maximum absolute atomic E-state index is 11.0. The number of hydrogen-bond donors (Lipinski definition) is 3. The van der Waals surface area contributed by atoms with Gasteiger partial charge in [-0.25, -0.2) is 10.8 Å². The Hall–Kier alpha value is -2.00. The zero-order chi connectivity index (χ0) is 14.5. The topological polar surface area (TPSA) is 122 Å². The van der Waals surface area contributed by atoms with E-state index in [-0.39, 0.29) is 23.5 Å². The standard InChI is InChI=1S/C11H19N7O2/c1-2-17-5-3-4-8(7-17)14-10-9(18(19)20)6-13-11(15-10)16-12/h6,8H,2-5,7,12H2,1H3,(H2,13,14,15,16). The van der Waals surface area contributed by atoms with E-state index in [4.69, 9.17) is 5.84 Å². The van der Waals surface area contributed by atoms with Crippen molar-refractivity contribution in [3.63, 3.8) is 0 Å². The van der Waals surface area contributed by atoms with Crippen LogP contribution >= 0.6 is 0 Å². The number of nitrogens with one attached hydrogen (secondary N) is 2. The second kappa shape index (κ2) is 6.44. The van der Waals surface area contributed by atoms with Gasteiger partial charge >= 0.3 is 5.69 Å². The van der Waals surface area contributed by atoms with Gasteiger partial charge in [0.1, 0.15) is 6.20 Å². The summed E-state index contributed by atoms with van der Waals surface area (Å²) in [5, 5.41) is 14.1. The first kappa shape index (κ1) is 14.4. The molecule has 0 amide bonds. The van der Waals surface area contributed by atoms with E-state index in [2.05, 4.69) is 32.5 Å². The minimum atomic E-state index is -0.497. The molecular weight excluding hydrogens is 262 g/mol. The third-order valence-electron chi connectivity index (χ3n) is 3.39. The molecule has 0 aliphatic carbocycles. The quantitative estimate of drug-likeness (QED) is 0.406. The smallest absolute Gasteiger partial charge is 0.329 e. The molecule has 0 spiro atoms. The van der Waals surface area contributed by atoms with Crippen molar-refractivity contribution < 1.29 is 4.92 Å². The van der Waals surface area contributed by atoms with Crippen LogP contribution in [0, 0.1) is 10.1 Å². The molecule has 1 atom stereocenters. The van der Waals surface area contributed by atoms with Crippen molar-refractivity contribution in [2.24, 2.45) is 5.84 Å². The number of nitrogens with zero attached hydrogens (tertiary/aromatic N) is 4. The van der Waals surface area contributed by atoms with Crippen LogP contribution in [0.2, 0.25) is 0 Å². The van der Waals surface area contributed by atoms with Gasteiger partial charge in [0, 0.05) is 12.6 Å². The molecule has 0 aromatic carbocycles. The number of aromatic nitrogens is 2. The van der Waals surface area contributed by atoms with Crippen molar-refractivity contribution in [2.45, 2.75) is 25.8 Å². The largest absolute Gasteiger partial charge is 0.360 e. The molecule has 4 N–H and O–H groups in total. The highest BCUT2D eigenvalue weighted by Crippen LogP contribution is 2.24. The fourth-order valence-electron chi connectivity index (χ4n) is 2.34. The Morgan fingerprint density at radius 3 is 3.10 bits per heavy atom. The van der Waals surface area contributed by atoms with E-state index in [1.165, 1.54) is 0 Å². The summed E-state index contributed by atoms with van der Waals surface area (Å²) in [5.41, 5.74) is 2.15. The van der Waals surface area contributed by atoms with Gasteiger partial charge in [0.05, 0.1) is 4.92 Å². The summed E-state index contributed by atoms with van der Waals surface area (Å²) in [6, 6.07) is 0.142. The summed E-state index contributed by atoms with van der Waals surface area (Å²) in [6.07, 6.45) is 3.18. The Labute approximate surface area is 116 Å². The number of likely N-dealkylation sites (tertiary alicyclic amines) is 1. The van der Waals surface area contributed by atoms with Crippen molar-refractivity contribution in [2.75, 3.05) is 30.4 Å². The number of nitro groups is 1. The second-order valence-electron chi connectivity index (χ2n) is 4.71. The minimum Gasteiger partial charge on any atom is -0.360 e. The van der Waals surface area contributed by atoms with Crippen molar-refractivity contribution in [1.29, 1.82) is 0 Å². The van der Waals surface area contributed by atoms with Crippen molar-refractivity contribution in [3.8, 4) is 0 Å². The number of hydrazine groups is 1. The third kappa shape index (κ3) is 3.31. The Kier molecular flexibility index (Phi) is 4.64. The molecular formula is C11H19N7O2. The number of piperidine rings is 1. The zero-order valence-corrected chi connectivity index (χ0v) is 11.4. The van der Waals surface area contributed by atoms with Crippen LogP contribution < -0.4 is 16.6 Å². The first-order valence-corrected chi connectivity index (χ1v) is 6.61. The molecule has 0 saturated carbocycles. The molecule has 110 valence electrons. The number of rotatable bonds is 5. The van der Waals surface area contributed by atoms with Crippen LogP contribution in [0.4, 0.5) is 17.5 Å². The maximum atomic E-state index is 11.0. The van der Waals surface area contributed by atoms with E-state index < -0.39 is 4.92 Å². The van der Waals surface area contributed by atoms with Crippen LogP contribution in [0.25, 0.3) is 0 Å². The molecule has 2 rings (SSSR count). The molecule has 2 heterocycles. The molecule has 20 heavy (non-hydrogen) atoms. The van der Waals surface area contributed by atoms with Gasteiger partial charge in [0.2, 0.25) is 11.8 Å². The summed E-state index contributed by atoms with van der Waals surface area (Å²) in [5.74, 6) is 5.60. The lowest BCUT2D eigenvalue weighted by atomic mass is 10.1. The Morgan fingerprint density at radius 1 is 1.65 bits per heavy atom. The molecule has 1 aromatic rings. The van der Waals surface area contributed by atoms with E-state index in [1.807, 2.05) is 0 Å². The Bertz CT molecular complexity index is 482. The highest BCUT2D eigenvalue weighted by atomic mass is 16.6. The number of nitrogens with two attached hydrogens (primary N) is 1. The summed E-state index contributed by atoms with van der Waals surface area (Å²) >= 11 is 0. The van der Waals surface area contributed by atoms with Crippen LogP contribution in [0.1, 0.15) is 19.8 Å². The molecule has 9 nitrogen and oxygen atoms in total. The summed E-state index contributed by atoms with van der Waals surface area (Å²) in [4.78, 5) is 20.6. The van der Waals surface area contributed by atoms with E-state index >= 15 is 0 Å². The fraction of sp³-hybridized carbons (Fsp3) is 0.636. The number of hydrogen-bond acceptors (Lipinski definition) is 8. The first-order valence-electron chi connectivity index (χ1n) is 6.61. The van der Waals surface area contributed by atoms with Crippen LogP contribution in [-0.4, -0.2) is 45.5 Å². The molecule has 1 aliphatic rings. The molecule has 1 aromatic heterocycles. The zero-order valence-electron chi connectivity index (χ0n) is 11.4. The van der Waals surface area contributed by atoms with Gasteiger partial charge in [-0.2, -0.15) is 4.98 Å². The van der Waals surface area contributed by atoms with Crippen LogP contribution in [0.5, 0.6) is 0 Å². The van der Waals surface area contributed by atoms with E-state index in [9.17, 15) is 10.1 Å². The molecule has 1 fully saturated rings. The lowest BCUT2D eigenvalue weighted by Gasteiger charge is -2.32. The molecule has 1 saturated heterocycles. The van der Waals surface area contributed by atoms with Crippen molar-refractivity contribution >= 4 is 17.5 Å². The fourth-order valence-corrected chi connectivity index (χ4v) is 2.34. The molecule has 0 radical (unpaired) electrons. The highest BCUT2D eigenvalue weighted by Gasteiger charge is 2.23. The normalized spacial score (nSPS) is 19.6. The van der Waals surface area contributed by atoms with Gasteiger partial charge in [0.25, 0.3) is 0 Å². The third-order valence-corrected chi connectivity index (χ3v) is 3.39. The van der Waals surface area contributed by atoms with Crippen LogP contribution in [0.15, 0.2) is 6.20 Å². The number of likely N-dealkylation sites (N-methyl/N-ethyl adjacent to an activating group) is 1. The highest BCUT2D eigenvalue weighted by molar-refractivity contribution is 5.57. The predicted molar refractivity (Wildman–Crippen MR) is 75.3 cm³/mol. The average molecular weight is 281 g/mol. The average Bonchev–Trinajstić information content (AvgIpc) is 2.47. The maximum Gasteiger partial charge on any atom is 0.329 e. The SMILES string of the molecule is CCN1CCCC(Nc2nc(NN)ncc2[N+](=O)[O-])C1. The van der Waals surface area contributed by atoms with Crippen LogP contribution in [0.3, 0.4) is 0 Å². The number of anilines is 2. The lowest BCUT2D eigenvalue weighted by Crippen LogP contribution is -2.42. The van der Waals surface area contributed by atoms with E-state index in [0.29, 0.717) is 0 Å². The predicted octanol–water partition coefficient (Wildman–Crippen LogP) is 0.567. The van der Waals surface area contributed by atoms with Gasteiger partial charge in [0.15, 0.2) is 0 Å². The summed E-state index contributed by atoms with van der Waals surface area (Å²) in [6.45, 7) is 4.99. The first-order chi connectivity index (χ1) is 9.63. The molecule has 1 aliphatic heterocycles. The summed E-state index contributed by atoms with van der Waals surface area (Å²) < 4.78 is 0. The minimum absolute atomic E-state index is 0.141.